The number of hydrogen-bond donors (Lipinski definition) is 0. The first kappa shape index (κ1) is 18.9. The molecule has 1 saturated heterocycles. The van der Waals surface area contributed by atoms with E-state index in [1.54, 1.807) is 0 Å². The van der Waals surface area contributed by atoms with Crippen molar-refractivity contribution in [3.05, 3.63) is 16.5 Å². The average Bonchev–Trinajstić information content (AvgIpc) is 3.19. The summed E-state index contributed by atoms with van der Waals surface area (Å²) < 4.78 is 6.02. The lowest BCUT2D eigenvalue weighted by atomic mass is 9.89. The minimum Gasteiger partial charge on any atom is -0.484 e. The van der Waals surface area contributed by atoms with Crippen LogP contribution in [-0.4, -0.2) is 55.4 Å². The van der Waals surface area contributed by atoms with Crippen molar-refractivity contribution in [2.45, 2.75) is 52.5 Å². The standard InChI is InChI=1S/C20H32N2O2S/c1-20(2,7-12-23)16-22-11-6-17-14-19(25-18(17)15-22)24-13-5-10-21-8-3-4-9-21/h12,14H,3-11,13,15-16H2,1-2H3. The maximum atomic E-state index is 10.8. The van der Waals surface area contributed by atoms with E-state index in [0.717, 1.165) is 50.4 Å². The highest BCUT2D eigenvalue weighted by molar-refractivity contribution is 7.14. The summed E-state index contributed by atoms with van der Waals surface area (Å²) in [5.74, 6) is 0. The molecule has 0 saturated carbocycles. The van der Waals surface area contributed by atoms with E-state index in [9.17, 15) is 4.79 Å². The van der Waals surface area contributed by atoms with Crippen molar-refractivity contribution < 1.29 is 9.53 Å². The van der Waals surface area contributed by atoms with Gasteiger partial charge < -0.3 is 14.4 Å². The number of rotatable bonds is 9. The van der Waals surface area contributed by atoms with E-state index in [0.29, 0.717) is 6.42 Å². The summed E-state index contributed by atoms with van der Waals surface area (Å²) in [6.45, 7) is 12.0. The van der Waals surface area contributed by atoms with Gasteiger partial charge in [-0.1, -0.05) is 13.8 Å². The SMILES string of the molecule is CC(C)(CC=O)CN1CCc2cc(OCCCN3CCCC3)sc2C1. The van der Waals surface area contributed by atoms with E-state index in [1.807, 2.05) is 11.3 Å². The van der Waals surface area contributed by atoms with Gasteiger partial charge in [0.15, 0.2) is 5.06 Å². The van der Waals surface area contributed by atoms with Crippen LogP contribution >= 0.6 is 11.3 Å². The van der Waals surface area contributed by atoms with Crippen molar-refractivity contribution in [1.29, 1.82) is 0 Å². The number of thiophene rings is 1. The number of ether oxygens (including phenoxy) is 1. The van der Waals surface area contributed by atoms with Gasteiger partial charge in [-0.3, -0.25) is 4.90 Å². The Kier molecular flexibility index (Phi) is 6.53. The van der Waals surface area contributed by atoms with Gasteiger partial charge in [0, 0.05) is 37.5 Å². The third-order valence-corrected chi connectivity index (χ3v) is 6.36. The fraction of sp³-hybridized carbons (Fsp3) is 0.750. The number of nitrogens with zero attached hydrogens (tertiary/aromatic N) is 2. The summed E-state index contributed by atoms with van der Waals surface area (Å²) in [6.07, 6.45) is 6.62. The van der Waals surface area contributed by atoms with E-state index in [-0.39, 0.29) is 5.41 Å². The molecule has 2 aliphatic rings. The van der Waals surface area contributed by atoms with Crippen LogP contribution in [-0.2, 0) is 17.8 Å². The van der Waals surface area contributed by atoms with Crippen LogP contribution in [0, 0.1) is 5.41 Å². The Morgan fingerprint density at radius 3 is 2.80 bits per heavy atom. The van der Waals surface area contributed by atoms with Crippen LogP contribution in [0.25, 0.3) is 0 Å². The molecule has 5 heteroatoms. The van der Waals surface area contributed by atoms with E-state index in [1.165, 1.54) is 42.9 Å². The first-order valence-electron chi connectivity index (χ1n) is 9.68. The zero-order chi connectivity index (χ0) is 17.7. The monoisotopic (exact) mass is 364 g/mol. The van der Waals surface area contributed by atoms with E-state index < -0.39 is 0 Å². The Labute approximate surface area is 156 Å². The summed E-state index contributed by atoms with van der Waals surface area (Å²) in [5, 5.41) is 1.08. The molecule has 0 bridgehead atoms. The molecule has 0 atom stereocenters. The van der Waals surface area contributed by atoms with Crippen molar-refractivity contribution >= 4 is 17.6 Å². The fourth-order valence-electron chi connectivity index (χ4n) is 3.91. The molecule has 140 valence electrons. The van der Waals surface area contributed by atoms with Crippen LogP contribution in [0.3, 0.4) is 0 Å². The fourth-order valence-corrected chi connectivity index (χ4v) is 5.04. The molecule has 3 rings (SSSR count). The van der Waals surface area contributed by atoms with Gasteiger partial charge in [0.25, 0.3) is 0 Å². The van der Waals surface area contributed by atoms with Crippen molar-refractivity contribution in [1.82, 2.24) is 9.80 Å². The molecule has 0 spiro atoms. The van der Waals surface area contributed by atoms with Crippen LogP contribution in [0.4, 0.5) is 0 Å². The third-order valence-electron chi connectivity index (χ3n) is 5.29. The number of fused-ring (bicyclic) bond motifs is 1. The zero-order valence-corrected chi connectivity index (χ0v) is 16.6. The Morgan fingerprint density at radius 2 is 2.04 bits per heavy atom. The lowest BCUT2D eigenvalue weighted by molar-refractivity contribution is -0.109. The predicted octanol–water partition coefficient (Wildman–Crippen LogP) is 3.59. The summed E-state index contributed by atoms with van der Waals surface area (Å²) in [5.41, 5.74) is 1.52. The van der Waals surface area contributed by atoms with Gasteiger partial charge in [-0.15, -0.1) is 11.3 Å². The predicted molar refractivity (Wildman–Crippen MR) is 104 cm³/mol. The number of aldehydes is 1. The smallest absolute Gasteiger partial charge is 0.174 e. The van der Waals surface area contributed by atoms with Gasteiger partial charge in [-0.25, -0.2) is 0 Å². The summed E-state index contributed by atoms with van der Waals surface area (Å²) >= 11 is 1.81. The molecule has 1 fully saturated rings. The highest BCUT2D eigenvalue weighted by Crippen LogP contribution is 2.34. The Balaban J connectivity index is 1.44. The van der Waals surface area contributed by atoms with E-state index in [2.05, 4.69) is 29.7 Å². The molecular formula is C20H32N2O2S. The highest BCUT2D eigenvalue weighted by atomic mass is 32.1. The molecule has 2 aliphatic heterocycles. The second-order valence-electron chi connectivity index (χ2n) is 8.26. The average molecular weight is 365 g/mol. The Morgan fingerprint density at radius 1 is 1.24 bits per heavy atom. The van der Waals surface area contributed by atoms with Gasteiger partial charge in [-0.2, -0.15) is 0 Å². The highest BCUT2D eigenvalue weighted by Gasteiger charge is 2.26. The maximum absolute atomic E-state index is 10.8. The minimum atomic E-state index is 0.0609. The van der Waals surface area contributed by atoms with Gasteiger partial charge in [0.1, 0.15) is 6.29 Å². The molecule has 1 aromatic rings. The number of carbonyl (C=O) groups excluding carboxylic acids is 1. The van der Waals surface area contributed by atoms with Crippen LogP contribution in [0.1, 0.15) is 50.0 Å². The molecule has 0 aliphatic carbocycles. The molecule has 0 unspecified atom stereocenters. The molecule has 0 amide bonds. The molecule has 25 heavy (non-hydrogen) atoms. The van der Waals surface area contributed by atoms with Crippen molar-refractivity contribution in [2.75, 3.05) is 39.3 Å². The van der Waals surface area contributed by atoms with Gasteiger partial charge in [0.2, 0.25) is 0 Å². The minimum absolute atomic E-state index is 0.0609. The lowest BCUT2D eigenvalue weighted by Gasteiger charge is -2.33. The summed E-state index contributed by atoms with van der Waals surface area (Å²) in [4.78, 5) is 17.3. The van der Waals surface area contributed by atoms with Gasteiger partial charge in [0.05, 0.1) is 6.61 Å². The summed E-state index contributed by atoms with van der Waals surface area (Å²) in [7, 11) is 0. The van der Waals surface area contributed by atoms with Crippen LogP contribution in [0.15, 0.2) is 6.07 Å². The third kappa shape index (κ3) is 5.53. The quantitative estimate of drug-likeness (QED) is 0.495. The van der Waals surface area contributed by atoms with Crippen LogP contribution in [0.5, 0.6) is 5.06 Å². The normalized spacial score (nSPS) is 19.1. The van der Waals surface area contributed by atoms with Crippen molar-refractivity contribution in [3.8, 4) is 5.06 Å². The van der Waals surface area contributed by atoms with E-state index in [4.69, 9.17) is 4.74 Å². The van der Waals surface area contributed by atoms with Crippen molar-refractivity contribution in [2.24, 2.45) is 5.41 Å². The molecule has 1 aromatic heterocycles. The molecule has 0 aromatic carbocycles. The second-order valence-corrected chi connectivity index (χ2v) is 9.36. The molecular weight excluding hydrogens is 332 g/mol. The number of hydrogen-bond acceptors (Lipinski definition) is 5. The first-order valence-corrected chi connectivity index (χ1v) is 10.5. The molecule has 0 radical (unpaired) electrons. The van der Waals surface area contributed by atoms with Crippen molar-refractivity contribution in [3.63, 3.8) is 0 Å². The maximum Gasteiger partial charge on any atom is 0.174 e. The van der Waals surface area contributed by atoms with Gasteiger partial charge in [-0.05, 0) is 55.8 Å². The Bertz CT molecular complexity index is 564. The number of likely N-dealkylation sites (tertiary alicyclic amines) is 1. The zero-order valence-electron chi connectivity index (χ0n) is 15.8. The number of carbonyl (C=O) groups is 1. The molecule has 3 heterocycles. The summed E-state index contributed by atoms with van der Waals surface area (Å²) in [6, 6.07) is 2.25. The Hall–Kier alpha value is -0.910. The first-order chi connectivity index (χ1) is 12.1. The van der Waals surface area contributed by atoms with Crippen LogP contribution < -0.4 is 4.74 Å². The second kappa shape index (κ2) is 8.65. The topological polar surface area (TPSA) is 32.8 Å². The van der Waals surface area contributed by atoms with Crippen LogP contribution in [0.2, 0.25) is 0 Å². The lowest BCUT2D eigenvalue weighted by Crippen LogP contribution is -2.37. The van der Waals surface area contributed by atoms with Gasteiger partial charge >= 0.3 is 0 Å². The largest absolute Gasteiger partial charge is 0.484 e. The molecule has 0 N–H and O–H groups in total. The molecule has 4 nitrogen and oxygen atoms in total. The van der Waals surface area contributed by atoms with E-state index >= 15 is 0 Å².